The van der Waals surface area contributed by atoms with Crippen LogP contribution in [0.3, 0.4) is 0 Å². The van der Waals surface area contributed by atoms with Crippen LogP contribution in [0.5, 0.6) is 0 Å². The van der Waals surface area contributed by atoms with Gasteiger partial charge in [0.15, 0.2) is 0 Å². The largest absolute Gasteiger partial charge is 0.391 e. The van der Waals surface area contributed by atoms with E-state index < -0.39 is 0 Å². The predicted molar refractivity (Wildman–Crippen MR) is 108 cm³/mol. The number of rotatable bonds is 5. The van der Waals surface area contributed by atoms with Gasteiger partial charge in [-0.05, 0) is 5.56 Å². The summed E-state index contributed by atoms with van der Waals surface area (Å²) in [5.74, 6) is 2.29. The highest BCUT2D eigenvalue weighted by molar-refractivity contribution is 7.99. The molecule has 0 spiro atoms. The van der Waals surface area contributed by atoms with Gasteiger partial charge in [0, 0.05) is 50.1 Å². The van der Waals surface area contributed by atoms with Gasteiger partial charge in [-0.2, -0.15) is 11.8 Å². The molecular weight excluding hydrogens is 381 g/mol. The van der Waals surface area contributed by atoms with Crippen molar-refractivity contribution >= 4 is 42.5 Å². The van der Waals surface area contributed by atoms with E-state index in [-0.39, 0.29) is 48.8 Å². The number of thioether (sulfide) groups is 1. The van der Waals surface area contributed by atoms with Gasteiger partial charge in [-0.3, -0.25) is 9.69 Å². The Morgan fingerprint density at radius 2 is 1.92 bits per heavy atom. The SMILES string of the molecule is Cl.Cl.O=C(NCC1CNCC1O)C(c1ccccc1)N1CCSCC1. The van der Waals surface area contributed by atoms with Crippen molar-refractivity contribution in [3.63, 3.8) is 0 Å². The van der Waals surface area contributed by atoms with Gasteiger partial charge in [-0.25, -0.2) is 0 Å². The number of carbonyl (C=O) groups is 1. The van der Waals surface area contributed by atoms with Crippen LogP contribution in [0, 0.1) is 5.92 Å². The minimum absolute atomic E-state index is 0. The standard InChI is InChI=1S/C17H25N3O2S.2ClH/c21-15-12-18-10-14(15)11-19-17(22)16(13-4-2-1-3-5-13)20-6-8-23-9-7-20;;/h1-5,14-16,18,21H,6-12H2,(H,19,22);2*1H. The second-order valence-electron chi connectivity index (χ2n) is 6.19. The Hall–Kier alpha value is -0.500. The average Bonchev–Trinajstić information content (AvgIpc) is 3.00. The summed E-state index contributed by atoms with van der Waals surface area (Å²) in [6.07, 6.45) is -0.364. The maximum Gasteiger partial charge on any atom is 0.241 e. The molecule has 3 N–H and O–H groups in total. The van der Waals surface area contributed by atoms with E-state index in [9.17, 15) is 9.90 Å². The van der Waals surface area contributed by atoms with Crippen molar-refractivity contribution in [1.29, 1.82) is 0 Å². The molecule has 0 saturated carbocycles. The fraction of sp³-hybridized carbons (Fsp3) is 0.588. The summed E-state index contributed by atoms with van der Waals surface area (Å²) in [4.78, 5) is 15.1. The number of aliphatic hydroxyl groups is 1. The zero-order valence-corrected chi connectivity index (χ0v) is 16.5. The van der Waals surface area contributed by atoms with Crippen LogP contribution in [0.1, 0.15) is 11.6 Å². The molecule has 2 fully saturated rings. The molecule has 0 radical (unpaired) electrons. The van der Waals surface area contributed by atoms with E-state index in [4.69, 9.17) is 0 Å². The summed E-state index contributed by atoms with van der Waals surface area (Å²) in [5.41, 5.74) is 1.04. The summed E-state index contributed by atoms with van der Waals surface area (Å²) in [5, 5.41) is 16.1. The first-order valence-electron chi connectivity index (χ1n) is 8.29. The maximum atomic E-state index is 12.8. The zero-order valence-electron chi connectivity index (χ0n) is 14.1. The molecule has 2 aliphatic rings. The molecule has 8 heteroatoms. The molecule has 2 heterocycles. The van der Waals surface area contributed by atoms with E-state index in [0.29, 0.717) is 13.1 Å². The second kappa shape index (κ2) is 11.3. The van der Waals surface area contributed by atoms with Gasteiger partial charge in [-0.1, -0.05) is 30.3 Å². The number of hydrogen-bond acceptors (Lipinski definition) is 5. The first-order chi connectivity index (χ1) is 11.3. The second-order valence-corrected chi connectivity index (χ2v) is 7.42. The number of nitrogens with zero attached hydrogens (tertiary/aromatic N) is 1. The van der Waals surface area contributed by atoms with Crippen LogP contribution in [-0.2, 0) is 4.79 Å². The van der Waals surface area contributed by atoms with Gasteiger partial charge < -0.3 is 15.7 Å². The fourth-order valence-corrected chi connectivity index (χ4v) is 4.19. The van der Waals surface area contributed by atoms with Crippen LogP contribution in [0.2, 0.25) is 0 Å². The average molecular weight is 408 g/mol. The molecule has 1 aromatic carbocycles. The van der Waals surface area contributed by atoms with Gasteiger partial charge in [-0.15, -0.1) is 24.8 Å². The summed E-state index contributed by atoms with van der Waals surface area (Å²) in [6.45, 7) is 3.78. The summed E-state index contributed by atoms with van der Waals surface area (Å²) < 4.78 is 0. The van der Waals surface area contributed by atoms with Crippen molar-refractivity contribution in [1.82, 2.24) is 15.5 Å². The van der Waals surface area contributed by atoms with Crippen LogP contribution in [0.25, 0.3) is 0 Å². The van der Waals surface area contributed by atoms with Crippen LogP contribution < -0.4 is 10.6 Å². The van der Waals surface area contributed by atoms with Gasteiger partial charge in [0.05, 0.1) is 6.10 Å². The third kappa shape index (κ3) is 6.01. The first-order valence-corrected chi connectivity index (χ1v) is 9.44. The molecule has 1 aromatic rings. The fourth-order valence-electron chi connectivity index (χ4n) is 3.25. The number of nitrogens with one attached hydrogen (secondary N) is 2. The van der Waals surface area contributed by atoms with E-state index in [0.717, 1.165) is 36.7 Å². The Morgan fingerprint density at radius 3 is 2.52 bits per heavy atom. The number of halogens is 2. The maximum absolute atomic E-state index is 12.8. The summed E-state index contributed by atoms with van der Waals surface area (Å²) in [6, 6.07) is 9.77. The van der Waals surface area contributed by atoms with Crippen molar-refractivity contribution in [2.45, 2.75) is 12.1 Å². The lowest BCUT2D eigenvalue weighted by Crippen LogP contribution is -2.46. The first kappa shape index (κ1) is 22.5. The highest BCUT2D eigenvalue weighted by Crippen LogP contribution is 2.24. The third-order valence-corrected chi connectivity index (χ3v) is 5.56. The van der Waals surface area contributed by atoms with Gasteiger partial charge >= 0.3 is 0 Å². The Kier molecular flexibility index (Phi) is 10.2. The minimum atomic E-state index is -0.364. The monoisotopic (exact) mass is 407 g/mol. The number of aliphatic hydroxyl groups excluding tert-OH is 1. The smallest absolute Gasteiger partial charge is 0.241 e. The topological polar surface area (TPSA) is 64.6 Å². The van der Waals surface area contributed by atoms with Crippen LogP contribution >= 0.6 is 36.6 Å². The lowest BCUT2D eigenvalue weighted by atomic mass is 10.0. The normalized spacial score (nSPS) is 24.7. The van der Waals surface area contributed by atoms with E-state index in [1.54, 1.807) is 0 Å². The molecule has 142 valence electrons. The minimum Gasteiger partial charge on any atom is -0.391 e. The zero-order chi connectivity index (χ0) is 16.1. The summed E-state index contributed by atoms with van der Waals surface area (Å²) >= 11 is 1.94. The Balaban J connectivity index is 0.00000156. The Bertz CT molecular complexity index is 518. The van der Waals surface area contributed by atoms with Crippen molar-refractivity contribution in [3.8, 4) is 0 Å². The third-order valence-electron chi connectivity index (χ3n) is 4.62. The lowest BCUT2D eigenvalue weighted by Gasteiger charge is -2.34. The number of benzene rings is 1. The number of amides is 1. The van der Waals surface area contributed by atoms with Crippen molar-refractivity contribution < 1.29 is 9.90 Å². The molecular formula is C17H27Cl2N3O2S. The van der Waals surface area contributed by atoms with Crippen LogP contribution in [0.15, 0.2) is 30.3 Å². The van der Waals surface area contributed by atoms with E-state index in [1.165, 1.54) is 0 Å². The van der Waals surface area contributed by atoms with Crippen LogP contribution in [0.4, 0.5) is 0 Å². The predicted octanol–water partition coefficient (Wildman–Crippen LogP) is 1.32. The molecule has 25 heavy (non-hydrogen) atoms. The number of β-amino-alcohol motifs (C(OH)–C–C–N with tert-alkyl or cyclic N) is 1. The quantitative estimate of drug-likeness (QED) is 0.686. The van der Waals surface area contributed by atoms with E-state index in [2.05, 4.69) is 15.5 Å². The van der Waals surface area contributed by atoms with Gasteiger partial charge in [0.2, 0.25) is 5.91 Å². The Labute approximate surface area is 166 Å². The number of carbonyl (C=O) groups excluding carboxylic acids is 1. The molecule has 0 bridgehead atoms. The molecule has 1 amide bonds. The van der Waals surface area contributed by atoms with Crippen molar-refractivity contribution in [2.75, 3.05) is 44.2 Å². The molecule has 2 saturated heterocycles. The summed E-state index contributed by atoms with van der Waals surface area (Å²) in [7, 11) is 0. The van der Waals surface area contributed by atoms with Gasteiger partial charge in [0.25, 0.3) is 0 Å². The molecule has 0 aliphatic carbocycles. The highest BCUT2D eigenvalue weighted by Gasteiger charge is 2.30. The molecule has 5 nitrogen and oxygen atoms in total. The molecule has 3 unspecified atom stereocenters. The van der Waals surface area contributed by atoms with Gasteiger partial charge in [0.1, 0.15) is 6.04 Å². The van der Waals surface area contributed by atoms with E-state index >= 15 is 0 Å². The molecule has 2 aliphatic heterocycles. The number of hydrogen-bond donors (Lipinski definition) is 3. The molecule has 3 atom stereocenters. The van der Waals surface area contributed by atoms with Crippen molar-refractivity contribution in [2.24, 2.45) is 5.92 Å². The highest BCUT2D eigenvalue weighted by atomic mass is 35.5. The van der Waals surface area contributed by atoms with E-state index in [1.807, 2.05) is 42.1 Å². The van der Waals surface area contributed by atoms with Crippen LogP contribution in [-0.4, -0.2) is 66.2 Å². The molecule has 0 aromatic heterocycles. The Morgan fingerprint density at radius 1 is 1.24 bits per heavy atom. The van der Waals surface area contributed by atoms with Crippen molar-refractivity contribution in [3.05, 3.63) is 35.9 Å². The molecule has 3 rings (SSSR count). The lowest BCUT2D eigenvalue weighted by molar-refractivity contribution is -0.126.